The molecule has 1 atom stereocenters. The number of nitrogens with two attached hydrogens (primary N) is 1. The zero-order valence-corrected chi connectivity index (χ0v) is 8.86. The normalized spacial score (nSPS) is 12.5. The molecule has 78 valence electrons. The maximum absolute atomic E-state index is 11.2. The van der Waals surface area contributed by atoms with Crippen molar-refractivity contribution in [2.24, 2.45) is 5.73 Å². The van der Waals surface area contributed by atoms with Crippen LogP contribution in [0.1, 0.15) is 19.8 Å². The highest BCUT2D eigenvalue weighted by atomic mass is 32.2. The lowest BCUT2D eigenvalue weighted by Crippen LogP contribution is -2.32. The molecule has 0 spiro atoms. The van der Waals surface area contributed by atoms with Gasteiger partial charge in [0.1, 0.15) is 5.75 Å². The summed E-state index contributed by atoms with van der Waals surface area (Å²) in [6, 6.07) is 0. The fourth-order valence-electron chi connectivity index (χ4n) is 0.786. The summed E-state index contributed by atoms with van der Waals surface area (Å²) >= 11 is 0. The molecule has 3 N–H and O–H groups in total. The largest absolute Gasteiger partial charge is 0.354 e. The minimum atomic E-state index is -1.01. The number of unbranched alkanes of at least 4 members (excludes halogenated alkanes) is 1. The Labute approximate surface area is 81.7 Å². The van der Waals surface area contributed by atoms with Gasteiger partial charge in [0.25, 0.3) is 0 Å². The van der Waals surface area contributed by atoms with Gasteiger partial charge in [-0.15, -0.1) is 0 Å². The van der Waals surface area contributed by atoms with E-state index < -0.39 is 10.8 Å². The molecule has 13 heavy (non-hydrogen) atoms. The molecule has 0 aromatic rings. The minimum absolute atomic E-state index is 0.111. The van der Waals surface area contributed by atoms with Gasteiger partial charge in [-0.2, -0.15) is 0 Å². The van der Waals surface area contributed by atoms with Crippen LogP contribution in [0.5, 0.6) is 0 Å². The van der Waals surface area contributed by atoms with E-state index in [9.17, 15) is 9.00 Å². The standard InChI is InChI=1S/C8H18N2O2S/c1-2-3-6-13(12)7-8(11)10-5-4-9/h2-7,9H2,1H3,(H,10,11). The first-order chi connectivity index (χ1) is 6.20. The average molecular weight is 206 g/mol. The number of hydrogen-bond acceptors (Lipinski definition) is 3. The highest BCUT2D eigenvalue weighted by molar-refractivity contribution is 7.85. The number of rotatable bonds is 7. The number of hydrogen-bond donors (Lipinski definition) is 2. The van der Waals surface area contributed by atoms with Crippen molar-refractivity contribution in [1.29, 1.82) is 0 Å². The highest BCUT2D eigenvalue weighted by Gasteiger charge is 2.05. The van der Waals surface area contributed by atoms with Crippen LogP contribution in [0.25, 0.3) is 0 Å². The molecule has 0 heterocycles. The van der Waals surface area contributed by atoms with Crippen molar-refractivity contribution < 1.29 is 9.00 Å². The number of carbonyl (C=O) groups excluding carboxylic acids is 1. The Hall–Kier alpha value is -0.420. The first-order valence-corrected chi connectivity index (χ1v) is 6.01. The van der Waals surface area contributed by atoms with E-state index in [4.69, 9.17) is 5.73 Å². The number of carbonyl (C=O) groups is 1. The first-order valence-electron chi connectivity index (χ1n) is 4.52. The number of nitrogens with one attached hydrogen (secondary N) is 1. The fourth-order valence-corrected chi connectivity index (χ4v) is 1.94. The van der Waals surface area contributed by atoms with Gasteiger partial charge in [-0.05, 0) is 6.42 Å². The smallest absolute Gasteiger partial charge is 0.232 e. The highest BCUT2D eigenvalue weighted by Crippen LogP contribution is 1.91. The second-order valence-electron chi connectivity index (χ2n) is 2.78. The molecule has 0 aromatic carbocycles. The van der Waals surface area contributed by atoms with Gasteiger partial charge in [-0.3, -0.25) is 9.00 Å². The third-order valence-electron chi connectivity index (χ3n) is 1.48. The van der Waals surface area contributed by atoms with E-state index in [1.807, 2.05) is 6.92 Å². The first kappa shape index (κ1) is 12.6. The van der Waals surface area contributed by atoms with Crippen LogP contribution in [-0.2, 0) is 15.6 Å². The van der Waals surface area contributed by atoms with Crippen molar-refractivity contribution in [2.75, 3.05) is 24.6 Å². The second-order valence-corrected chi connectivity index (χ2v) is 4.36. The third kappa shape index (κ3) is 7.93. The lowest BCUT2D eigenvalue weighted by Gasteiger charge is -2.02. The van der Waals surface area contributed by atoms with E-state index in [0.29, 0.717) is 18.8 Å². The summed E-state index contributed by atoms with van der Waals surface area (Å²) in [4.78, 5) is 11.0. The van der Waals surface area contributed by atoms with E-state index in [0.717, 1.165) is 12.8 Å². The van der Waals surface area contributed by atoms with Crippen molar-refractivity contribution >= 4 is 16.7 Å². The van der Waals surface area contributed by atoms with Gasteiger partial charge in [-0.25, -0.2) is 0 Å². The Bertz CT molecular complexity index is 156. The Kier molecular flexibility index (Phi) is 7.93. The third-order valence-corrected chi connectivity index (χ3v) is 2.81. The van der Waals surface area contributed by atoms with Crippen molar-refractivity contribution in [1.82, 2.24) is 5.32 Å². The van der Waals surface area contributed by atoms with E-state index in [1.54, 1.807) is 0 Å². The summed E-state index contributed by atoms with van der Waals surface area (Å²) in [6.07, 6.45) is 1.92. The van der Waals surface area contributed by atoms with Crippen molar-refractivity contribution in [2.45, 2.75) is 19.8 Å². The van der Waals surface area contributed by atoms with Gasteiger partial charge >= 0.3 is 0 Å². The van der Waals surface area contributed by atoms with Crippen LogP contribution < -0.4 is 11.1 Å². The van der Waals surface area contributed by atoms with E-state index in [2.05, 4.69) is 5.32 Å². The summed E-state index contributed by atoms with van der Waals surface area (Å²) < 4.78 is 11.2. The van der Waals surface area contributed by atoms with E-state index in [1.165, 1.54) is 0 Å². The lowest BCUT2D eigenvalue weighted by molar-refractivity contribution is -0.118. The molecule has 1 amide bonds. The Morgan fingerprint density at radius 2 is 2.23 bits per heavy atom. The molecule has 0 aliphatic carbocycles. The topological polar surface area (TPSA) is 72.2 Å². The zero-order chi connectivity index (χ0) is 10.1. The second kappa shape index (κ2) is 8.19. The van der Waals surface area contributed by atoms with Crippen molar-refractivity contribution in [3.63, 3.8) is 0 Å². The van der Waals surface area contributed by atoms with Crippen molar-refractivity contribution in [3.05, 3.63) is 0 Å². The van der Waals surface area contributed by atoms with Crippen LogP contribution in [0.2, 0.25) is 0 Å². The Morgan fingerprint density at radius 1 is 1.54 bits per heavy atom. The van der Waals surface area contributed by atoms with Crippen LogP contribution in [0.3, 0.4) is 0 Å². The van der Waals surface area contributed by atoms with E-state index in [-0.39, 0.29) is 11.7 Å². The summed E-state index contributed by atoms with van der Waals surface area (Å²) in [5.41, 5.74) is 5.20. The molecule has 0 saturated heterocycles. The zero-order valence-electron chi connectivity index (χ0n) is 8.04. The molecule has 0 bridgehead atoms. The quantitative estimate of drug-likeness (QED) is 0.596. The maximum atomic E-state index is 11.2. The predicted molar refractivity (Wildman–Crippen MR) is 54.8 cm³/mol. The van der Waals surface area contributed by atoms with Gasteiger partial charge in [0.2, 0.25) is 5.91 Å². The summed E-state index contributed by atoms with van der Waals surface area (Å²) in [7, 11) is -1.01. The van der Waals surface area contributed by atoms with Gasteiger partial charge in [0, 0.05) is 29.6 Å². The van der Waals surface area contributed by atoms with Gasteiger partial charge in [0.05, 0.1) is 0 Å². The predicted octanol–water partition coefficient (Wildman–Crippen LogP) is -0.390. The molecule has 0 aliphatic heterocycles. The molecular weight excluding hydrogens is 188 g/mol. The monoisotopic (exact) mass is 206 g/mol. The lowest BCUT2D eigenvalue weighted by atomic mass is 10.4. The number of amides is 1. The van der Waals surface area contributed by atoms with E-state index >= 15 is 0 Å². The molecule has 0 aliphatic rings. The summed E-state index contributed by atoms with van der Waals surface area (Å²) in [5.74, 6) is 0.562. The minimum Gasteiger partial charge on any atom is -0.354 e. The molecule has 4 nitrogen and oxygen atoms in total. The van der Waals surface area contributed by atoms with Crippen LogP contribution in [0.15, 0.2) is 0 Å². The molecule has 0 fully saturated rings. The molecule has 0 rings (SSSR count). The van der Waals surface area contributed by atoms with Crippen LogP contribution in [0, 0.1) is 0 Å². The Morgan fingerprint density at radius 3 is 2.77 bits per heavy atom. The molecule has 0 saturated carbocycles. The Balaban J connectivity index is 3.47. The summed E-state index contributed by atoms with van der Waals surface area (Å²) in [5, 5.41) is 2.58. The molecule has 0 aromatic heterocycles. The van der Waals surface area contributed by atoms with Crippen molar-refractivity contribution in [3.8, 4) is 0 Å². The molecular formula is C8H18N2O2S. The molecule has 1 unspecified atom stereocenters. The van der Waals surface area contributed by atoms with Crippen LogP contribution in [0.4, 0.5) is 0 Å². The maximum Gasteiger partial charge on any atom is 0.232 e. The molecule has 5 heteroatoms. The van der Waals surface area contributed by atoms with Gasteiger partial charge in [0.15, 0.2) is 0 Å². The fraction of sp³-hybridized carbons (Fsp3) is 0.875. The van der Waals surface area contributed by atoms with Gasteiger partial charge in [-0.1, -0.05) is 13.3 Å². The van der Waals surface area contributed by atoms with Crippen LogP contribution >= 0.6 is 0 Å². The SMILES string of the molecule is CCCCS(=O)CC(=O)NCCN. The summed E-state index contributed by atoms with van der Waals surface area (Å²) in [6.45, 7) is 2.92. The molecule has 0 radical (unpaired) electrons. The average Bonchev–Trinajstić information content (AvgIpc) is 2.11. The van der Waals surface area contributed by atoms with Gasteiger partial charge < -0.3 is 11.1 Å². The van der Waals surface area contributed by atoms with Crippen LogP contribution in [-0.4, -0.2) is 34.7 Å².